The Kier molecular flexibility index (Phi) is 4.41. The molecule has 1 heterocycles. The number of aromatic nitrogens is 2. The Hall–Kier alpha value is -2.01. The second-order valence-electron chi connectivity index (χ2n) is 4.07. The van der Waals surface area contributed by atoms with E-state index in [1.807, 2.05) is 10.8 Å². The molecule has 0 aliphatic heterocycles. The first kappa shape index (κ1) is 13.4. The molecule has 0 saturated heterocycles. The topological polar surface area (TPSA) is 67.2 Å². The summed E-state index contributed by atoms with van der Waals surface area (Å²) in [5, 5.41) is 12.4. The fourth-order valence-corrected chi connectivity index (χ4v) is 1.87. The van der Waals surface area contributed by atoms with Crippen molar-refractivity contribution in [1.82, 2.24) is 14.9 Å². The summed E-state index contributed by atoms with van der Waals surface area (Å²) in [7, 11) is 0. The third-order valence-corrected chi connectivity index (χ3v) is 2.96. The molecule has 100 valence electrons. The fourth-order valence-electron chi connectivity index (χ4n) is 1.67. The van der Waals surface area contributed by atoms with E-state index in [1.54, 1.807) is 12.5 Å². The van der Waals surface area contributed by atoms with Gasteiger partial charge in [0.25, 0.3) is 5.91 Å². The number of phenols is 1. The standard InChI is InChI=1S/C13H14ClN3O2/c14-12-3-2-10(18)8-11(12)13(19)16-4-1-6-17-7-5-15-9-17/h2-3,5,7-9,18H,1,4,6H2,(H,16,19). The van der Waals surface area contributed by atoms with Crippen molar-refractivity contribution in [3.63, 3.8) is 0 Å². The highest BCUT2D eigenvalue weighted by Crippen LogP contribution is 2.20. The lowest BCUT2D eigenvalue weighted by Gasteiger charge is -2.07. The average molecular weight is 280 g/mol. The van der Waals surface area contributed by atoms with Crippen LogP contribution in [0.5, 0.6) is 5.75 Å². The number of carbonyl (C=O) groups excluding carboxylic acids is 1. The number of aryl methyl sites for hydroxylation is 1. The molecule has 2 rings (SSSR count). The zero-order valence-corrected chi connectivity index (χ0v) is 11.0. The van der Waals surface area contributed by atoms with Crippen LogP contribution in [0.4, 0.5) is 0 Å². The minimum Gasteiger partial charge on any atom is -0.508 e. The van der Waals surface area contributed by atoms with Crippen molar-refractivity contribution in [2.24, 2.45) is 0 Å². The van der Waals surface area contributed by atoms with Gasteiger partial charge in [0.1, 0.15) is 5.75 Å². The van der Waals surface area contributed by atoms with Crippen LogP contribution in [0.15, 0.2) is 36.9 Å². The number of hydrogen-bond acceptors (Lipinski definition) is 3. The Morgan fingerprint density at radius 3 is 3.05 bits per heavy atom. The number of halogens is 1. The maximum absolute atomic E-state index is 11.9. The predicted octanol–water partition coefficient (Wildman–Crippen LogP) is 2.06. The number of nitrogens with zero attached hydrogens (tertiary/aromatic N) is 2. The van der Waals surface area contributed by atoms with E-state index in [9.17, 15) is 9.90 Å². The smallest absolute Gasteiger partial charge is 0.252 e. The highest BCUT2D eigenvalue weighted by Gasteiger charge is 2.10. The molecule has 0 unspecified atom stereocenters. The molecule has 0 atom stereocenters. The Morgan fingerprint density at radius 2 is 2.32 bits per heavy atom. The second kappa shape index (κ2) is 6.24. The van der Waals surface area contributed by atoms with Crippen molar-refractivity contribution in [2.75, 3.05) is 6.54 Å². The van der Waals surface area contributed by atoms with Gasteiger partial charge in [-0.15, -0.1) is 0 Å². The van der Waals surface area contributed by atoms with Crippen molar-refractivity contribution in [2.45, 2.75) is 13.0 Å². The summed E-state index contributed by atoms with van der Waals surface area (Å²) in [5.41, 5.74) is 0.282. The van der Waals surface area contributed by atoms with Gasteiger partial charge in [-0.25, -0.2) is 4.98 Å². The second-order valence-corrected chi connectivity index (χ2v) is 4.48. The molecule has 5 nitrogen and oxygen atoms in total. The fraction of sp³-hybridized carbons (Fsp3) is 0.231. The molecule has 0 aliphatic rings. The Labute approximate surface area is 115 Å². The maximum Gasteiger partial charge on any atom is 0.252 e. The van der Waals surface area contributed by atoms with Crippen LogP contribution in [0.3, 0.4) is 0 Å². The van der Waals surface area contributed by atoms with E-state index in [1.165, 1.54) is 18.2 Å². The monoisotopic (exact) mass is 279 g/mol. The van der Waals surface area contributed by atoms with Crippen molar-refractivity contribution >= 4 is 17.5 Å². The zero-order chi connectivity index (χ0) is 13.7. The number of hydrogen-bond donors (Lipinski definition) is 2. The van der Waals surface area contributed by atoms with Crippen LogP contribution < -0.4 is 5.32 Å². The van der Waals surface area contributed by atoms with Crippen LogP contribution in [0, 0.1) is 0 Å². The lowest BCUT2D eigenvalue weighted by atomic mass is 10.2. The summed E-state index contributed by atoms with van der Waals surface area (Å²) in [6.45, 7) is 1.32. The first-order valence-corrected chi connectivity index (χ1v) is 6.27. The van der Waals surface area contributed by atoms with E-state index in [4.69, 9.17) is 11.6 Å². The van der Waals surface area contributed by atoms with Gasteiger partial charge in [-0.05, 0) is 24.6 Å². The van der Waals surface area contributed by atoms with E-state index in [2.05, 4.69) is 10.3 Å². The molecule has 2 aromatic rings. The van der Waals surface area contributed by atoms with Crippen molar-refractivity contribution in [1.29, 1.82) is 0 Å². The molecule has 2 N–H and O–H groups in total. The first-order chi connectivity index (χ1) is 9.16. The minimum atomic E-state index is -0.286. The van der Waals surface area contributed by atoms with Crippen LogP contribution in [0.1, 0.15) is 16.8 Å². The summed E-state index contributed by atoms with van der Waals surface area (Å²) in [6.07, 6.45) is 6.10. The Balaban J connectivity index is 1.82. The summed E-state index contributed by atoms with van der Waals surface area (Å²) >= 11 is 5.90. The van der Waals surface area contributed by atoms with Gasteiger partial charge < -0.3 is 15.0 Å². The summed E-state index contributed by atoms with van der Waals surface area (Å²) in [6, 6.07) is 4.29. The molecule has 0 aliphatic carbocycles. The molecule has 0 spiro atoms. The maximum atomic E-state index is 11.9. The summed E-state index contributed by atoms with van der Waals surface area (Å²) in [5.74, 6) is -0.264. The van der Waals surface area contributed by atoms with Gasteiger partial charge in [-0.3, -0.25) is 4.79 Å². The first-order valence-electron chi connectivity index (χ1n) is 5.89. The van der Waals surface area contributed by atoms with Gasteiger partial charge in [0.15, 0.2) is 0 Å². The number of phenolic OH excluding ortho intramolecular Hbond substituents is 1. The van der Waals surface area contributed by atoms with E-state index >= 15 is 0 Å². The van der Waals surface area contributed by atoms with Crippen LogP contribution in [-0.2, 0) is 6.54 Å². The molecule has 19 heavy (non-hydrogen) atoms. The number of benzene rings is 1. The normalized spacial score (nSPS) is 10.4. The van der Waals surface area contributed by atoms with Crippen LogP contribution in [0.25, 0.3) is 0 Å². The van der Waals surface area contributed by atoms with Gasteiger partial charge in [0, 0.05) is 25.5 Å². The highest BCUT2D eigenvalue weighted by molar-refractivity contribution is 6.33. The number of aromatic hydroxyl groups is 1. The van der Waals surface area contributed by atoms with Crippen LogP contribution >= 0.6 is 11.6 Å². The summed E-state index contributed by atoms with van der Waals surface area (Å²) < 4.78 is 1.94. The lowest BCUT2D eigenvalue weighted by molar-refractivity contribution is 0.0952. The molecule has 0 saturated carbocycles. The number of rotatable bonds is 5. The molecule has 6 heteroatoms. The molecule has 1 amide bonds. The van der Waals surface area contributed by atoms with Gasteiger partial charge in [-0.1, -0.05) is 11.6 Å². The van der Waals surface area contributed by atoms with Crippen LogP contribution in [0.2, 0.25) is 5.02 Å². The van der Waals surface area contributed by atoms with Gasteiger partial charge in [-0.2, -0.15) is 0 Å². The molecule has 0 radical (unpaired) electrons. The minimum absolute atomic E-state index is 0.0213. The Bertz CT molecular complexity index is 555. The van der Waals surface area contributed by atoms with E-state index < -0.39 is 0 Å². The number of carbonyl (C=O) groups is 1. The van der Waals surface area contributed by atoms with E-state index in [-0.39, 0.29) is 17.2 Å². The number of imidazole rings is 1. The average Bonchev–Trinajstić information content (AvgIpc) is 2.90. The molecular formula is C13H14ClN3O2. The lowest BCUT2D eigenvalue weighted by Crippen LogP contribution is -2.25. The number of amides is 1. The van der Waals surface area contributed by atoms with Gasteiger partial charge in [0.2, 0.25) is 0 Å². The molecule has 1 aromatic heterocycles. The quantitative estimate of drug-likeness (QED) is 0.823. The third-order valence-electron chi connectivity index (χ3n) is 2.63. The third kappa shape index (κ3) is 3.72. The molecule has 0 fully saturated rings. The van der Waals surface area contributed by atoms with E-state index in [0.29, 0.717) is 11.6 Å². The van der Waals surface area contributed by atoms with Crippen molar-refractivity contribution < 1.29 is 9.90 Å². The van der Waals surface area contributed by atoms with Crippen LogP contribution in [-0.4, -0.2) is 27.1 Å². The van der Waals surface area contributed by atoms with Gasteiger partial charge in [0.05, 0.1) is 16.9 Å². The largest absolute Gasteiger partial charge is 0.508 e. The summed E-state index contributed by atoms with van der Waals surface area (Å²) in [4.78, 5) is 15.8. The highest BCUT2D eigenvalue weighted by atomic mass is 35.5. The molecule has 1 aromatic carbocycles. The molecule has 0 bridgehead atoms. The van der Waals surface area contributed by atoms with E-state index in [0.717, 1.165) is 13.0 Å². The van der Waals surface area contributed by atoms with Crippen molar-refractivity contribution in [3.05, 3.63) is 47.5 Å². The zero-order valence-electron chi connectivity index (χ0n) is 10.2. The Morgan fingerprint density at radius 1 is 1.47 bits per heavy atom. The molecular weight excluding hydrogens is 266 g/mol. The number of nitrogens with one attached hydrogen (secondary N) is 1. The van der Waals surface area contributed by atoms with Gasteiger partial charge >= 0.3 is 0 Å². The SMILES string of the molecule is O=C(NCCCn1ccnc1)c1cc(O)ccc1Cl. The van der Waals surface area contributed by atoms with Crippen molar-refractivity contribution in [3.8, 4) is 5.75 Å². The predicted molar refractivity (Wildman–Crippen MR) is 72.3 cm³/mol.